The Balaban J connectivity index is 2.16. The number of nitrogens with one attached hydrogen (secondary N) is 1. The number of hydrogen-bond donors (Lipinski definition) is 1. The van der Waals surface area contributed by atoms with E-state index in [1.807, 2.05) is 0 Å². The Morgan fingerprint density at radius 1 is 1.54 bits per heavy atom. The molecule has 0 aromatic heterocycles. The molecule has 3 heteroatoms. The minimum absolute atomic E-state index is 0.113. The van der Waals surface area contributed by atoms with Crippen LogP contribution < -0.4 is 5.32 Å². The van der Waals surface area contributed by atoms with Gasteiger partial charge in [0.15, 0.2) is 0 Å². The van der Waals surface area contributed by atoms with Crippen LogP contribution in [-0.4, -0.2) is 25.2 Å². The Hall–Kier alpha value is -0.570. The summed E-state index contributed by atoms with van der Waals surface area (Å²) in [7, 11) is 0. The van der Waals surface area contributed by atoms with Gasteiger partial charge in [-0.3, -0.25) is 4.79 Å². The second kappa shape index (κ2) is 2.98. The lowest BCUT2D eigenvalue weighted by molar-refractivity contribution is -0.125. The molecule has 2 rings (SSSR count). The second-order valence-electron chi connectivity index (χ2n) is 4.89. The fourth-order valence-electron chi connectivity index (χ4n) is 2.22. The highest BCUT2D eigenvalue weighted by atomic mass is 16.5. The van der Waals surface area contributed by atoms with Crippen molar-refractivity contribution in [2.24, 2.45) is 11.3 Å². The van der Waals surface area contributed by atoms with Crippen molar-refractivity contribution in [2.45, 2.75) is 32.8 Å². The Bertz CT molecular complexity index is 225. The third kappa shape index (κ3) is 1.70. The van der Waals surface area contributed by atoms with E-state index in [0.717, 1.165) is 26.0 Å². The van der Waals surface area contributed by atoms with Gasteiger partial charge in [0.05, 0.1) is 12.0 Å². The summed E-state index contributed by atoms with van der Waals surface area (Å²) < 4.78 is 5.58. The summed E-state index contributed by atoms with van der Waals surface area (Å²) in [6, 6.07) is 0. The number of rotatable bonds is 0. The smallest absolute Gasteiger partial charge is 0.225 e. The van der Waals surface area contributed by atoms with Gasteiger partial charge in [0.2, 0.25) is 5.91 Å². The molecule has 0 bridgehead atoms. The summed E-state index contributed by atoms with van der Waals surface area (Å²) in [4.78, 5) is 11.6. The van der Waals surface area contributed by atoms with E-state index in [-0.39, 0.29) is 23.3 Å². The molecule has 0 aliphatic carbocycles. The Morgan fingerprint density at radius 3 is 3.08 bits per heavy atom. The number of carbonyl (C=O) groups is 1. The molecule has 2 atom stereocenters. The van der Waals surface area contributed by atoms with Crippen LogP contribution in [0.1, 0.15) is 26.7 Å². The highest BCUT2D eigenvalue weighted by molar-refractivity contribution is 5.79. The fraction of sp³-hybridized carbons (Fsp3) is 0.900. The Labute approximate surface area is 78.8 Å². The van der Waals surface area contributed by atoms with Gasteiger partial charge in [-0.2, -0.15) is 0 Å². The van der Waals surface area contributed by atoms with Gasteiger partial charge in [-0.25, -0.2) is 0 Å². The SMILES string of the molecule is CC1(C)CNC(=O)C2CCOC2C1. The zero-order valence-corrected chi connectivity index (χ0v) is 8.30. The van der Waals surface area contributed by atoms with Gasteiger partial charge >= 0.3 is 0 Å². The van der Waals surface area contributed by atoms with Crippen LogP contribution in [0, 0.1) is 11.3 Å². The molecule has 0 saturated carbocycles. The van der Waals surface area contributed by atoms with Gasteiger partial charge in [-0.05, 0) is 18.3 Å². The fourth-order valence-corrected chi connectivity index (χ4v) is 2.22. The molecular weight excluding hydrogens is 166 g/mol. The van der Waals surface area contributed by atoms with Crippen LogP contribution in [0.2, 0.25) is 0 Å². The molecule has 0 aromatic carbocycles. The zero-order chi connectivity index (χ0) is 9.47. The molecule has 0 radical (unpaired) electrons. The van der Waals surface area contributed by atoms with Crippen LogP contribution in [-0.2, 0) is 9.53 Å². The maximum Gasteiger partial charge on any atom is 0.225 e. The first kappa shape index (κ1) is 9.00. The van der Waals surface area contributed by atoms with Gasteiger partial charge in [0.1, 0.15) is 0 Å². The van der Waals surface area contributed by atoms with Crippen molar-refractivity contribution in [3.8, 4) is 0 Å². The van der Waals surface area contributed by atoms with E-state index in [0.29, 0.717) is 0 Å². The van der Waals surface area contributed by atoms with Crippen molar-refractivity contribution in [2.75, 3.05) is 13.2 Å². The van der Waals surface area contributed by atoms with E-state index < -0.39 is 0 Å². The zero-order valence-electron chi connectivity index (χ0n) is 8.30. The molecule has 1 amide bonds. The average molecular weight is 183 g/mol. The van der Waals surface area contributed by atoms with E-state index in [4.69, 9.17) is 4.74 Å². The minimum Gasteiger partial charge on any atom is -0.377 e. The number of ether oxygens (including phenoxy) is 1. The first-order valence-electron chi connectivity index (χ1n) is 4.98. The molecule has 2 saturated heterocycles. The van der Waals surface area contributed by atoms with Crippen molar-refractivity contribution in [3.05, 3.63) is 0 Å². The molecular formula is C10H17NO2. The van der Waals surface area contributed by atoms with E-state index >= 15 is 0 Å². The number of fused-ring (bicyclic) bond motifs is 1. The number of amides is 1. The molecule has 0 spiro atoms. The second-order valence-corrected chi connectivity index (χ2v) is 4.89. The van der Waals surface area contributed by atoms with Gasteiger partial charge < -0.3 is 10.1 Å². The maximum atomic E-state index is 11.6. The third-order valence-electron chi connectivity index (χ3n) is 3.04. The quantitative estimate of drug-likeness (QED) is 0.607. The largest absolute Gasteiger partial charge is 0.377 e. The van der Waals surface area contributed by atoms with E-state index in [9.17, 15) is 4.79 Å². The first-order chi connectivity index (χ1) is 6.08. The third-order valence-corrected chi connectivity index (χ3v) is 3.04. The number of hydrogen-bond acceptors (Lipinski definition) is 2. The lowest BCUT2D eigenvalue weighted by Crippen LogP contribution is -2.33. The molecule has 2 aliphatic heterocycles. The van der Waals surface area contributed by atoms with Crippen LogP contribution in [0.25, 0.3) is 0 Å². The molecule has 13 heavy (non-hydrogen) atoms. The lowest BCUT2D eigenvalue weighted by Gasteiger charge is -2.24. The first-order valence-corrected chi connectivity index (χ1v) is 4.98. The van der Waals surface area contributed by atoms with Gasteiger partial charge in [0, 0.05) is 13.2 Å². The van der Waals surface area contributed by atoms with Crippen molar-refractivity contribution < 1.29 is 9.53 Å². The van der Waals surface area contributed by atoms with Crippen molar-refractivity contribution >= 4 is 5.91 Å². The van der Waals surface area contributed by atoms with Crippen LogP contribution in [0.15, 0.2) is 0 Å². The van der Waals surface area contributed by atoms with Gasteiger partial charge in [-0.15, -0.1) is 0 Å². The molecule has 2 heterocycles. The lowest BCUT2D eigenvalue weighted by atomic mass is 9.85. The van der Waals surface area contributed by atoms with Crippen molar-refractivity contribution in [3.63, 3.8) is 0 Å². The molecule has 3 nitrogen and oxygen atoms in total. The molecule has 2 unspecified atom stereocenters. The normalized spacial score (nSPS) is 37.8. The summed E-state index contributed by atoms with van der Waals surface area (Å²) in [6.07, 6.45) is 2.06. The molecule has 1 N–H and O–H groups in total. The van der Waals surface area contributed by atoms with Gasteiger partial charge in [-0.1, -0.05) is 13.8 Å². The van der Waals surface area contributed by atoms with Crippen LogP contribution >= 0.6 is 0 Å². The predicted molar refractivity (Wildman–Crippen MR) is 49.3 cm³/mol. The van der Waals surface area contributed by atoms with Crippen molar-refractivity contribution in [1.82, 2.24) is 5.32 Å². The maximum absolute atomic E-state index is 11.6. The monoisotopic (exact) mass is 183 g/mol. The van der Waals surface area contributed by atoms with Gasteiger partial charge in [0.25, 0.3) is 0 Å². The standard InChI is InChI=1S/C10H17NO2/c1-10(2)5-8-7(3-4-13-8)9(12)11-6-10/h7-8H,3-6H2,1-2H3,(H,11,12). The minimum atomic E-state index is 0.113. The van der Waals surface area contributed by atoms with Crippen molar-refractivity contribution in [1.29, 1.82) is 0 Å². The average Bonchev–Trinajstić information content (AvgIpc) is 2.44. The van der Waals surface area contributed by atoms with E-state index in [2.05, 4.69) is 19.2 Å². The van der Waals surface area contributed by atoms with E-state index in [1.54, 1.807) is 0 Å². The molecule has 2 aliphatic rings. The summed E-state index contributed by atoms with van der Waals surface area (Å²) in [5, 5.41) is 2.99. The van der Waals surface area contributed by atoms with E-state index in [1.165, 1.54) is 0 Å². The number of carbonyl (C=O) groups excluding carboxylic acids is 1. The Kier molecular flexibility index (Phi) is 2.06. The van der Waals surface area contributed by atoms with Crippen LogP contribution in [0.3, 0.4) is 0 Å². The molecule has 74 valence electrons. The Morgan fingerprint density at radius 2 is 2.31 bits per heavy atom. The molecule has 2 fully saturated rings. The topological polar surface area (TPSA) is 38.3 Å². The van der Waals surface area contributed by atoms with Crippen LogP contribution in [0.5, 0.6) is 0 Å². The summed E-state index contributed by atoms with van der Waals surface area (Å²) in [5.41, 5.74) is 0.180. The highest BCUT2D eigenvalue weighted by Gasteiger charge is 2.40. The molecule has 0 aromatic rings. The summed E-state index contributed by atoms with van der Waals surface area (Å²) in [5.74, 6) is 0.301. The predicted octanol–water partition coefficient (Wildman–Crippen LogP) is 0.938. The summed E-state index contributed by atoms with van der Waals surface area (Å²) in [6.45, 7) is 5.88. The van der Waals surface area contributed by atoms with Crippen LogP contribution in [0.4, 0.5) is 0 Å². The highest BCUT2D eigenvalue weighted by Crippen LogP contribution is 2.34. The summed E-state index contributed by atoms with van der Waals surface area (Å²) >= 11 is 0.